The van der Waals surface area contributed by atoms with Gasteiger partial charge >= 0.3 is 0 Å². The van der Waals surface area contributed by atoms with Crippen molar-refractivity contribution in [3.05, 3.63) is 58.0 Å². The second-order valence-electron chi connectivity index (χ2n) is 5.31. The van der Waals surface area contributed by atoms with Crippen LogP contribution < -0.4 is 5.73 Å². The lowest BCUT2D eigenvalue weighted by Gasteiger charge is -2.26. The van der Waals surface area contributed by atoms with E-state index in [1.807, 2.05) is 25.1 Å². The summed E-state index contributed by atoms with van der Waals surface area (Å²) in [6.07, 6.45) is 0. The molecule has 0 saturated carbocycles. The highest BCUT2D eigenvalue weighted by atomic mass is 32.1. The number of hydrogen-bond donors (Lipinski definition) is 1. The van der Waals surface area contributed by atoms with Crippen molar-refractivity contribution in [1.82, 2.24) is 4.90 Å². The molecule has 0 bridgehead atoms. The molecule has 110 valence electrons. The number of benzene rings is 1. The number of rotatable bonds is 5. The lowest BCUT2D eigenvalue weighted by Crippen LogP contribution is -2.30. The number of thiophene rings is 1. The topological polar surface area (TPSA) is 42.4 Å². The molecule has 3 aromatic rings. The number of para-hydroxylation sites is 1. The zero-order valence-corrected chi connectivity index (χ0v) is 13.2. The summed E-state index contributed by atoms with van der Waals surface area (Å²) < 4.78 is 5.89. The van der Waals surface area contributed by atoms with E-state index in [0.29, 0.717) is 6.54 Å². The molecule has 2 heterocycles. The summed E-state index contributed by atoms with van der Waals surface area (Å²) in [7, 11) is 2.12. The SMILES string of the molecule is Cc1oc2ccccc2c1C(CN)N(C)Cc1cccs1. The standard InChI is InChI=1S/C17H20N2OS/c1-12-17(14-7-3-4-8-16(14)20-12)15(10-18)19(2)11-13-6-5-9-21-13/h3-9,15H,10-11,18H2,1-2H3. The van der Waals surface area contributed by atoms with Crippen LogP contribution in [0.25, 0.3) is 11.0 Å². The van der Waals surface area contributed by atoms with E-state index in [1.54, 1.807) is 11.3 Å². The van der Waals surface area contributed by atoms with Gasteiger partial charge in [-0.05, 0) is 31.5 Å². The van der Waals surface area contributed by atoms with Gasteiger partial charge in [-0.15, -0.1) is 11.3 Å². The molecule has 1 aromatic carbocycles. The second-order valence-corrected chi connectivity index (χ2v) is 6.35. The quantitative estimate of drug-likeness (QED) is 0.776. The first kappa shape index (κ1) is 14.3. The summed E-state index contributed by atoms with van der Waals surface area (Å²) in [5.41, 5.74) is 8.23. The normalized spacial score (nSPS) is 13.1. The number of hydrogen-bond acceptors (Lipinski definition) is 4. The van der Waals surface area contributed by atoms with Crippen LogP contribution in [0.15, 0.2) is 46.2 Å². The van der Waals surface area contributed by atoms with E-state index in [4.69, 9.17) is 10.2 Å². The van der Waals surface area contributed by atoms with Crippen molar-refractivity contribution >= 4 is 22.3 Å². The Morgan fingerprint density at radius 1 is 1.24 bits per heavy atom. The molecule has 0 aliphatic rings. The third kappa shape index (κ3) is 2.75. The van der Waals surface area contributed by atoms with E-state index >= 15 is 0 Å². The van der Waals surface area contributed by atoms with Crippen LogP contribution in [0.1, 0.15) is 22.2 Å². The van der Waals surface area contributed by atoms with E-state index in [2.05, 4.69) is 35.5 Å². The molecular formula is C17H20N2OS. The highest BCUT2D eigenvalue weighted by Crippen LogP contribution is 2.33. The molecular weight excluding hydrogens is 280 g/mol. The van der Waals surface area contributed by atoms with Crippen molar-refractivity contribution in [3.8, 4) is 0 Å². The number of nitrogens with two attached hydrogens (primary N) is 1. The first-order valence-electron chi connectivity index (χ1n) is 7.11. The van der Waals surface area contributed by atoms with Crippen molar-refractivity contribution < 1.29 is 4.42 Å². The molecule has 2 N–H and O–H groups in total. The second kappa shape index (κ2) is 6.02. The molecule has 1 unspecified atom stereocenters. The van der Waals surface area contributed by atoms with Gasteiger partial charge in [-0.25, -0.2) is 0 Å². The maximum Gasteiger partial charge on any atom is 0.134 e. The Labute approximate surface area is 129 Å². The molecule has 0 saturated heterocycles. The molecule has 0 spiro atoms. The molecule has 0 amide bonds. The van der Waals surface area contributed by atoms with Crippen LogP contribution in [0, 0.1) is 6.92 Å². The third-order valence-electron chi connectivity index (χ3n) is 3.89. The maximum absolute atomic E-state index is 6.07. The van der Waals surface area contributed by atoms with E-state index in [1.165, 1.54) is 15.8 Å². The van der Waals surface area contributed by atoms with Crippen molar-refractivity contribution in [2.75, 3.05) is 13.6 Å². The van der Waals surface area contributed by atoms with Crippen LogP contribution in [-0.4, -0.2) is 18.5 Å². The number of furan rings is 1. The fraction of sp³-hybridized carbons (Fsp3) is 0.294. The minimum atomic E-state index is 0.163. The highest BCUT2D eigenvalue weighted by molar-refractivity contribution is 7.09. The van der Waals surface area contributed by atoms with Crippen LogP contribution in [0.2, 0.25) is 0 Å². The summed E-state index contributed by atoms with van der Waals surface area (Å²) in [5, 5.41) is 3.28. The van der Waals surface area contributed by atoms with Gasteiger partial charge in [0, 0.05) is 28.9 Å². The van der Waals surface area contributed by atoms with E-state index in [0.717, 1.165) is 17.9 Å². The van der Waals surface area contributed by atoms with Gasteiger partial charge in [0.25, 0.3) is 0 Å². The van der Waals surface area contributed by atoms with Gasteiger partial charge in [-0.2, -0.15) is 0 Å². The Hall–Kier alpha value is -1.62. The highest BCUT2D eigenvalue weighted by Gasteiger charge is 2.23. The number of nitrogens with zero attached hydrogens (tertiary/aromatic N) is 1. The summed E-state index contributed by atoms with van der Waals surface area (Å²) in [6.45, 7) is 3.50. The van der Waals surface area contributed by atoms with E-state index < -0.39 is 0 Å². The average Bonchev–Trinajstić information content (AvgIpc) is 3.08. The monoisotopic (exact) mass is 300 g/mol. The molecule has 21 heavy (non-hydrogen) atoms. The van der Waals surface area contributed by atoms with Gasteiger partial charge in [0.1, 0.15) is 11.3 Å². The fourth-order valence-electron chi connectivity index (χ4n) is 2.88. The smallest absolute Gasteiger partial charge is 0.134 e. The Morgan fingerprint density at radius 2 is 2.05 bits per heavy atom. The molecule has 0 radical (unpaired) electrons. The minimum absolute atomic E-state index is 0.163. The largest absolute Gasteiger partial charge is 0.461 e. The van der Waals surface area contributed by atoms with Crippen LogP contribution in [0.4, 0.5) is 0 Å². The van der Waals surface area contributed by atoms with Crippen molar-refractivity contribution in [2.24, 2.45) is 5.73 Å². The van der Waals surface area contributed by atoms with Gasteiger partial charge in [-0.3, -0.25) is 4.90 Å². The van der Waals surface area contributed by atoms with Gasteiger partial charge in [-0.1, -0.05) is 24.3 Å². The Kier molecular flexibility index (Phi) is 4.10. The minimum Gasteiger partial charge on any atom is -0.461 e. The molecule has 1 atom stereocenters. The van der Waals surface area contributed by atoms with Crippen LogP contribution >= 0.6 is 11.3 Å². The Balaban J connectivity index is 1.96. The average molecular weight is 300 g/mol. The number of likely N-dealkylation sites (N-methyl/N-ethyl adjacent to an activating group) is 1. The van der Waals surface area contributed by atoms with Crippen molar-refractivity contribution in [1.29, 1.82) is 0 Å². The molecule has 3 rings (SSSR count). The fourth-order valence-corrected chi connectivity index (χ4v) is 3.65. The lowest BCUT2D eigenvalue weighted by atomic mass is 10.0. The summed E-state index contributed by atoms with van der Waals surface area (Å²) in [5.74, 6) is 0.963. The Morgan fingerprint density at radius 3 is 2.76 bits per heavy atom. The third-order valence-corrected chi connectivity index (χ3v) is 4.75. The lowest BCUT2D eigenvalue weighted by molar-refractivity contribution is 0.242. The predicted octanol–water partition coefficient (Wildman–Crippen LogP) is 3.93. The Bertz CT molecular complexity index is 718. The predicted molar refractivity (Wildman–Crippen MR) is 88.5 cm³/mol. The summed E-state index contributed by atoms with van der Waals surface area (Å²) >= 11 is 1.78. The molecule has 0 fully saturated rings. The van der Waals surface area contributed by atoms with Crippen molar-refractivity contribution in [2.45, 2.75) is 19.5 Å². The van der Waals surface area contributed by atoms with Gasteiger partial charge < -0.3 is 10.2 Å². The molecule has 0 aliphatic carbocycles. The molecule has 0 aliphatic heterocycles. The van der Waals surface area contributed by atoms with Gasteiger partial charge in [0.2, 0.25) is 0 Å². The number of aryl methyl sites for hydroxylation is 1. The summed E-state index contributed by atoms with van der Waals surface area (Å²) in [4.78, 5) is 3.65. The van der Waals surface area contributed by atoms with E-state index in [9.17, 15) is 0 Å². The van der Waals surface area contributed by atoms with Gasteiger partial charge in [0.05, 0.1) is 6.04 Å². The van der Waals surface area contributed by atoms with Crippen molar-refractivity contribution in [3.63, 3.8) is 0 Å². The van der Waals surface area contributed by atoms with Crippen LogP contribution in [-0.2, 0) is 6.54 Å². The first-order chi connectivity index (χ1) is 10.2. The summed E-state index contributed by atoms with van der Waals surface area (Å²) in [6, 6.07) is 12.6. The first-order valence-corrected chi connectivity index (χ1v) is 7.99. The zero-order valence-electron chi connectivity index (χ0n) is 12.4. The van der Waals surface area contributed by atoms with Gasteiger partial charge in [0.15, 0.2) is 0 Å². The van der Waals surface area contributed by atoms with Crippen LogP contribution in [0.3, 0.4) is 0 Å². The molecule has 2 aromatic heterocycles. The number of fused-ring (bicyclic) bond motifs is 1. The zero-order chi connectivity index (χ0) is 14.8. The van der Waals surface area contributed by atoms with Crippen LogP contribution in [0.5, 0.6) is 0 Å². The molecule has 4 heteroatoms. The maximum atomic E-state index is 6.07. The molecule has 3 nitrogen and oxygen atoms in total. The van der Waals surface area contributed by atoms with E-state index in [-0.39, 0.29) is 6.04 Å².